The van der Waals surface area contributed by atoms with Crippen LogP contribution in [0.15, 0.2) is 24.5 Å². The highest BCUT2D eigenvalue weighted by molar-refractivity contribution is 6.76. The van der Waals surface area contributed by atoms with Crippen LogP contribution in [-0.4, -0.2) is 65.2 Å². The molecular formula is C26H42N4O4Si. The van der Waals surface area contributed by atoms with Crippen molar-refractivity contribution in [1.29, 1.82) is 0 Å². The van der Waals surface area contributed by atoms with E-state index in [9.17, 15) is 4.79 Å². The summed E-state index contributed by atoms with van der Waals surface area (Å²) in [7, 11) is -1.11. The zero-order chi connectivity index (χ0) is 25.6. The molecule has 3 heterocycles. The summed E-state index contributed by atoms with van der Waals surface area (Å²) in [5.41, 5.74) is 3.36. The van der Waals surface area contributed by atoms with Gasteiger partial charge in [-0.15, -0.1) is 0 Å². The summed E-state index contributed by atoms with van der Waals surface area (Å²) in [4.78, 5) is 18.7. The van der Waals surface area contributed by atoms with E-state index < -0.39 is 13.7 Å². The van der Waals surface area contributed by atoms with Crippen LogP contribution in [0.4, 0.5) is 4.79 Å². The molecule has 1 saturated heterocycles. The molecule has 3 rings (SSSR count). The number of hydrogen-bond acceptors (Lipinski definition) is 6. The number of ether oxygens (including phenoxy) is 3. The Labute approximate surface area is 211 Å². The summed E-state index contributed by atoms with van der Waals surface area (Å²) in [6.45, 7) is 17.7. The molecule has 1 aliphatic rings. The Hall–Kier alpha value is -2.23. The van der Waals surface area contributed by atoms with Crippen molar-refractivity contribution in [3.05, 3.63) is 35.8 Å². The molecule has 0 N–H and O–H groups in total. The van der Waals surface area contributed by atoms with Crippen molar-refractivity contribution in [2.24, 2.45) is 0 Å². The Morgan fingerprint density at radius 1 is 1.20 bits per heavy atom. The fraction of sp³-hybridized carbons (Fsp3) is 0.654. The largest absolute Gasteiger partial charge is 0.444 e. The van der Waals surface area contributed by atoms with Crippen LogP contribution in [0.5, 0.6) is 0 Å². The lowest BCUT2D eigenvalue weighted by molar-refractivity contribution is -0.0177. The zero-order valence-electron chi connectivity index (χ0n) is 22.5. The summed E-state index contributed by atoms with van der Waals surface area (Å²) < 4.78 is 19.4. The molecule has 9 heteroatoms. The fourth-order valence-corrected chi connectivity index (χ4v) is 4.64. The van der Waals surface area contributed by atoms with Crippen molar-refractivity contribution < 1.29 is 19.0 Å². The van der Waals surface area contributed by atoms with Gasteiger partial charge in [0.15, 0.2) is 0 Å². The van der Waals surface area contributed by atoms with Crippen molar-refractivity contribution in [3.63, 3.8) is 0 Å². The summed E-state index contributed by atoms with van der Waals surface area (Å²) in [5.74, 6) is 0. The maximum absolute atomic E-state index is 12.3. The van der Waals surface area contributed by atoms with Gasteiger partial charge in [0.25, 0.3) is 0 Å². The van der Waals surface area contributed by atoms with Gasteiger partial charge in [-0.2, -0.15) is 5.10 Å². The third kappa shape index (κ3) is 8.73. The minimum absolute atomic E-state index is 0.0852. The van der Waals surface area contributed by atoms with Gasteiger partial charge < -0.3 is 19.1 Å². The Balaban J connectivity index is 1.55. The lowest BCUT2D eigenvalue weighted by Gasteiger charge is -2.33. The standard InChI is InChI=1S/C26H42N4O4Si/c1-20-17-30(19-32-15-16-35(5,6)7)28-24(20)22-9-8-12-27-23(22)18-33-21-10-13-29(14-11-21)25(31)34-26(2,3)4/h8-9,12,17,21H,10-11,13-16,18-19H2,1-7H3. The van der Waals surface area contributed by atoms with Crippen LogP contribution in [0, 0.1) is 6.92 Å². The number of aryl methyl sites for hydroxylation is 1. The molecule has 194 valence electrons. The first-order valence-corrected chi connectivity index (χ1v) is 16.3. The van der Waals surface area contributed by atoms with Gasteiger partial charge in [-0.05, 0) is 64.3 Å². The topological polar surface area (TPSA) is 78.7 Å². The van der Waals surface area contributed by atoms with Crippen LogP contribution in [0.1, 0.15) is 44.9 Å². The summed E-state index contributed by atoms with van der Waals surface area (Å²) >= 11 is 0. The van der Waals surface area contributed by atoms with Gasteiger partial charge in [0.05, 0.1) is 24.1 Å². The first-order chi connectivity index (χ1) is 16.4. The van der Waals surface area contributed by atoms with Gasteiger partial charge in [0.2, 0.25) is 0 Å². The van der Waals surface area contributed by atoms with E-state index in [0.29, 0.717) is 26.4 Å². The van der Waals surface area contributed by atoms with E-state index in [0.717, 1.165) is 48.0 Å². The van der Waals surface area contributed by atoms with E-state index in [1.165, 1.54) is 0 Å². The zero-order valence-corrected chi connectivity index (χ0v) is 23.5. The number of likely N-dealkylation sites (tertiary alicyclic amines) is 1. The first kappa shape index (κ1) is 27.4. The normalized spacial score (nSPS) is 15.5. The van der Waals surface area contributed by atoms with Gasteiger partial charge in [0.1, 0.15) is 12.3 Å². The highest BCUT2D eigenvalue weighted by Gasteiger charge is 2.27. The molecule has 0 aliphatic carbocycles. The Morgan fingerprint density at radius 3 is 2.57 bits per heavy atom. The van der Waals surface area contributed by atoms with E-state index in [4.69, 9.17) is 19.3 Å². The molecule has 0 radical (unpaired) electrons. The minimum Gasteiger partial charge on any atom is -0.444 e. The van der Waals surface area contributed by atoms with Crippen molar-refractivity contribution in [3.8, 4) is 11.3 Å². The second kappa shape index (κ2) is 11.7. The van der Waals surface area contributed by atoms with Crippen LogP contribution in [0.3, 0.4) is 0 Å². The van der Waals surface area contributed by atoms with E-state index in [-0.39, 0.29) is 12.2 Å². The molecule has 0 atom stereocenters. The monoisotopic (exact) mass is 502 g/mol. The number of amides is 1. The molecule has 0 spiro atoms. The predicted molar refractivity (Wildman–Crippen MR) is 140 cm³/mol. The molecule has 0 bridgehead atoms. The number of piperidine rings is 1. The maximum Gasteiger partial charge on any atom is 0.410 e. The molecular weight excluding hydrogens is 460 g/mol. The van der Waals surface area contributed by atoms with Crippen LogP contribution < -0.4 is 0 Å². The van der Waals surface area contributed by atoms with Gasteiger partial charge in [-0.25, -0.2) is 9.48 Å². The quantitative estimate of drug-likeness (QED) is 0.334. The van der Waals surface area contributed by atoms with Crippen LogP contribution in [-0.2, 0) is 27.5 Å². The van der Waals surface area contributed by atoms with Crippen LogP contribution >= 0.6 is 0 Å². The second-order valence-corrected chi connectivity index (χ2v) is 17.1. The van der Waals surface area contributed by atoms with Crippen LogP contribution in [0.2, 0.25) is 25.7 Å². The average Bonchev–Trinajstić information content (AvgIpc) is 3.14. The lowest BCUT2D eigenvalue weighted by Crippen LogP contribution is -2.43. The highest BCUT2D eigenvalue weighted by atomic mass is 28.3. The molecule has 0 aromatic carbocycles. The number of carbonyl (C=O) groups excluding carboxylic acids is 1. The van der Waals surface area contributed by atoms with Crippen molar-refractivity contribution in [2.45, 2.75) is 91.3 Å². The van der Waals surface area contributed by atoms with Gasteiger partial charge >= 0.3 is 6.09 Å². The Kier molecular flexibility index (Phi) is 9.12. The molecule has 1 amide bonds. The third-order valence-corrected chi connectivity index (χ3v) is 7.56. The summed E-state index contributed by atoms with van der Waals surface area (Å²) in [6.07, 6.45) is 5.21. The van der Waals surface area contributed by atoms with E-state index >= 15 is 0 Å². The van der Waals surface area contributed by atoms with Gasteiger partial charge in [-0.3, -0.25) is 4.98 Å². The van der Waals surface area contributed by atoms with Gasteiger partial charge in [-0.1, -0.05) is 19.6 Å². The van der Waals surface area contributed by atoms with Crippen LogP contribution in [0.25, 0.3) is 11.3 Å². The molecule has 0 unspecified atom stereocenters. The van der Waals surface area contributed by atoms with Crippen molar-refractivity contribution in [2.75, 3.05) is 19.7 Å². The predicted octanol–water partition coefficient (Wildman–Crippen LogP) is 5.48. The lowest BCUT2D eigenvalue weighted by atomic mass is 10.1. The smallest absolute Gasteiger partial charge is 0.410 e. The Bertz CT molecular complexity index is 972. The molecule has 8 nitrogen and oxygen atoms in total. The molecule has 2 aromatic heterocycles. The summed E-state index contributed by atoms with van der Waals surface area (Å²) in [6, 6.07) is 5.12. The van der Waals surface area contributed by atoms with E-state index in [1.807, 2.05) is 43.8 Å². The molecule has 1 aliphatic heterocycles. The highest BCUT2D eigenvalue weighted by Crippen LogP contribution is 2.26. The maximum atomic E-state index is 12.3. The van der Waals surface area contributed by atoms with Crippen molar-refractivity contribution >= 4 is 14.2 Å². The molecule has 35 heavy (non-hydrogen) atoms. The number of carbonyl (C=O) groups is 1. The number of hydrogen-bond donors (Lipinski definition) is 0. The van der Waals surface area contributed by atoms with Gasteiger partial charge in [0, 0.05) is 45.7 Å². The fourth-order valence-electron chi connectivity index (χ4n) is 3.89. The van der Waals surface area contributed by atoms with Crippen molar-refractivity contribution in [1.82, 2.24) is 19.7 Å². The molecule has 2 aromatic rings. The SMILES string of the molecule is Cc1cn(COCC[Si](C)(C)C)nc1-c1cccnc1COC1CCN(C(=O)OC(C)(C)C)CC1. The second-order valence-electron chi connectivity index (χ2n) is 11.5. The molecule has 0 saturated carbocycles. The van der Waals surface area contributed by atoms with E-state index in [2.05, 4.69) is 31.5 Å². The number of nitrogens with zero attached hydrogens (tertiary/aromatic N) is 4. The Morgan fingerprint density at radius 2 is 1.91 bits per heavy atom. The number of pyridine rings is 1. The number of rotatable bonds is 9. The average molecular weight is 503 g/mol. The first-order valence-electron chi connectivity index (χ1n) is 12.6. The minimum atomic E-state index is -1.11. The van der Waals surface area contributed by atoms with E-state index in [1.54, 1.807) is 11.1 Å². The third-order valence-electron chi connectivity index (χ3n) is 5.86. The number of aromatic nitrogens is 3. The molecule has 1 fully saturated rings. The summed E-state index contributed by atoms with van der Waals surface area (Å²) in [5, 5.41) is 4.78.